The highest BCUT2D eigenvalue weighted by Gasteiger charge is 2.04. The van der Waals surface area contributed by atoms with Crippen LogP contribution in [0.1, 0.15) is 5.56 Å². The van der Waals surface area contributed by atoms with Crippen molar-refractivity contribution in [2.75, 3.05) is 40.5 Å². The van der Waals surface area contributed by atoms with E-state index in [2.05, 4.69) is 5.32 Å². The lowest BCUT2D eigenvalue weighted by atomic mass is 10.2. The second-order valence-corrected chi connectivity index (χ2v) is 3.96. The first-order valence-electron chi connectivity index (χ1n) is 6.35. The summed E-state index contributed by atoms with van der Waals surface area (Å²) in [5, 5.41) is 11.7. The standard InChI is InChI=1S/C15H20N2O3/c1-18-11-9-17-8-3-4-13-5-6-14(20-10-7-16)15(12-13)19-2/h3-6,12,17H,8-11H2,1-2H3. The van der Waals surface area contributed by atoms with Crippen LogP contribution in [0, 0.1) is 11.3 Å². The third-order valence-corrected chi connectivity index (χ3v) is 2.54. The Labute approximate surface area is 119 Å². The molecule has 0 spiro atoms. The summed E-state index contributed by atoms with van der Waals surface area (Å²) in [5.74, 6) is 1.19. The Bertz CT molecular complexity index is 467. The fourth-order valence-electron chi connectivity index (χ4n) is 1.57. The van der Waals surface area contributed by atoms with Gasteiger partial charge in [0, 0.05) is 20.2 Å². The molecular formula is C15H20N2O3. The maximum Gasteiger partial charge on any atom is 0.174 e. The molecule has 0 atom stereocenters. The molecule has 1 aromatic rings. The molecule has 0 aliphatic carbocycles. The number of hydrogen-bond donors (Lipinski definition) is 1. The fraction of sp³-hybridized carbons (Fsp3) is 0.400. The molecule has 1 aromatic carbocycles. The van der Waals surface area contributed by atoms with Crippen LogP contribution in [-0.4, -0.2) is 40.5 Å². The van der Waals surface area contributed by atoms with Crippen molar-refractivity contribution in [3.05, 3.63) is 29.8 Å². The van der Waals surface area contributed by atoms with E-state index in [1.54, 1.807) is 20.3 Å². The highest BCUT2D eigenvalue weighted by Crippen LogP contribution is 2.28. The van der Waals surface area contributed by atoms with Gasteiger partial charge in [0.25, 0.3) is 0 Å². The van der Waals surface area contributed by atoms with Crippen molar-refractivity contribution in [1.29, 1.82) is 5.26 Å². The summed E-state index contributed by atoms with van der Waals surface area (Å²) in [6, 6.07) is 7.52. The van der Waals surface area contributed by atoms with Crippen molar-refractivity contribution in [3.63, 3.8) is 0 Å². The predicted octanol–water partition coefficient (Wildman–Crippen LogP) is 1.85. The number of rotatable bonds is 9. The summed E-state index contributed by atoms with van der Waals surface area (Å²) in [6.07, 6.45) is 4.02. The third kappa shape index (κ3) is 5.74. The molecule has 5 heteroatoms. The molecule has 0 aliphatic rings. The van der Waals surface area contributed by atoms with Crippen molar-refractivity contribution in [3.8, 4) is 17.6 Å². The van der Waals surface area contributed by atoms with Crippen LogP contribution in [0.3, 0.4) is 0 Å². The molecule has 0 radical (unpaired) electrons. The number of ether oxygens (including phenoxy) is 3. The lowest BCUT2D eigenvalue weighted by molar-refractivity contribution is 0.200. The van der Waals surface area contributed by atoms with Crippen LogP contribution >= 0.6 is 0 Å². The molecule has 0 saturated carbocycles. The molecule has 1 N–H and O–H groups in total. The van der Waals surface area contributed by atoms with Gasteiger partial charge in [-0.25, -0.2) is 0 Å². The molecule has 5 nitrogen and oxygen atoms in total. The molecule has 0 amide bonds. The number of methoxy groups -OCH3 is 2. The smallest absolute Gasteiger partial charge is 0.174 e. The summed E-state index contributed by atoms with van der Waals surface area (Å²) in [4.78, 5) is 0. The third-order valence-electron chi connectivity index (χ3n) is 2.54. The number of nitrogens with zero attached hydrogens (tertiary/aromatic N) is 1. The zero-order chi connectivity index (χ0) is 14.6. The average molecular weight is 276 g/mol. The van der Waals surface area contributed by atoms with E-state index < -0.39 is 0 Å². The fourth-order valence-corrected chi connectivity index (χ4v) is 1.57. The Balaban J connectivity index is 2.54. The van der Waals surface area contributed by atoms with Crippen LogP contribution in [0.5, 0.6) is 11.5 Å². The van der Waals surface area contributed by atoms with Gasteiger partial charge in [0.05, 0.1) is 13.7 Å². The van der Waals surface area contributed by atoms with Crippen LogP contribution in [0.4, 0.5) is 0 Å². The van der Waals surface area contributed by atoms with Gasteiger partial charge in [-0.05, 0) is 17.7 Å². The lowest BCUT2D eigenvalue weighted by Gasteiger charge is -2.08. The zero-order valence-corrected chi connectivity index (χ0v) is 11.9. The first-order valence-corrected chi connectivity index (χ1v) is 6.35. The quantitative estimate of drug-likeness (QED) is 0.697. The molecule has 0 fully saturated rings. The van der Waals surface area contributed by atoms with E-state index in [0.717, 1.165) is 18.7 Å². The molecule has 0 heterocycles. The van der Waals surface area contributed by atoms with Crippen LogP contribution in [0.2, 0.25) is 0 Å². The molecule has 0 aromatic heterocycles. The molecular weight excluding hydrogens is 256 g/mol. The van der Waals surface area contributed by atoms with E-state index in [9.17, 15) is 0 Å². The SMILES string of the molecule is COCCNCC=Cc1ccc(OCC#N)c(OC)c1. The maximum atomic E-state index is 8.51. The summed E-state index contributed by atoms with van der Waals surface area (Å²) in [5.41, 5.74) is 1.01. The second kappa shape index (κ2) is 9.84. The molecule has 20 heavy (non-hydrogen) atoms. The molecule has 0 saturated heterocycles. The Kier molecular flexibility index (Phi) is 7.89. The van der Waals surface area contributed by atoms with Gasteiger partial charge in [0.2, 0.25) is 0 Å². The summed E-state index contributed by atoms with van der Waals surface area (Å²) >= 11 is 0. The van der Waals surface area contributed by atoms with Gasteiger partial charge in [-0.3, -0.25) is 0 Å². The first-order chi connectivity index (χ1) is 9.81. The van der Waals surface area contributed by atoms with Gasteiger partial charge in [-0.1, -0.05) is 18.2 Å². The van der Waals surface area contributed by atoms with Crippen molar-refractivity contribution in [2.45, 2.75) is 0 Å². The topological polar surface area (TPSA) is 63.5 Å². The average Bonchev–Trinajstić information content (AvgIpc) is 2.49. The van der Waals surface area contributed by atoms with E-state index >= 15 is 0 Å². The Morgan fingerprint density at radius 1 is 1.30 bits per heavy atom. The van der Waals surface area contributed by atoms with Crippen LogP contribution in [-0.2, 0) is 4.74 Å². The monoisotopic (exact) mass is 276 g/mol. The van der Waals surface area contributed by atoms with E-state index in [4.69, 9.17) is 19.5 Å². The first kappa shape index (κ1) is 16.0. The molecule has 0 bridgehead atoms. The van der Waals surface area contributed by atoms with Crippen molar-refractivity contribution in [1.82, 2.24) is 5.32 Å². The number of hydrogen-bond acceptors (Lipinski definition) is 5. The molecule has 0 aliphatic heterocycles. The second-order valence-electron chi connectivity index (χ2n) is 3.96. The van der Waals surface area contributed by atoms with Gasteiger partial charge in [-0.2, -0.15) is 5.26 Å². The van der Waals surface area contributed by atoms with Crippen molar-refractivity contribution in [2.24, 2.45) is 0 Å². The van der Waals surface area contributed by atoms with Gasteiger partial charge >= 0.3 is 0 Å². The molecule has 0 unspecified atom stereocenters. The minimum absolute atomic E-state index is 0.00889. The maximum absolute atomic E-state index is 8.51. The largest absolute Gasteiger partial charge is 0.493 e. The van der Waals surface area contributed by atoms with E-state index in [-0.39, 0.29) is 6.61 Å². The number of benzene rings is 1. The molecule has 108 valence electrons. The highest BCUT2D eigenvalue weighted by atomic mass is 16.5. The predicted molar refractivity (Wildman–Crippen MR) is 77.9 cm³/mol. The Hall–Kier alpha value is -2.03. The zero-order valence-electron chi connectivity index (χ0n) is 11.9. The minimum Gasteiger partial charge on any atom is -0.493 e. The summed E-state index contributed by atoms with van der Waals surface area (Å²) in [7, 11) is 3.26. The van der Waals surface area contributed by atoms with E-state index in [1.165, 1.54) is 0 Å². The Morgan fingerprint density at radius 2 is 2.15 bits per heavy atom. The minimum atomic E-state index is 0.00889. The number of nitriles is 1. The molecule has 1 rings (SSSR count). The van der Waals surface area contributed by atoms with Gasteiger partial charge < -0.3 is 19.5 Å². The van der Waals surface area contributed by atoms with E-state index in [0.29, 0.717) is 18.1 Å². The van der Waals surface area contributed by atoms with Crippen molar-refractivity contribution < 1.29 is 14.2 Å². The van der Waals surface area contributed by atoms with E-state index in [1.807, 2.05) is 30.4 Å². The van der Waals surface area contributed by atoms with Gasteiger partial charge in [0.1, 0.15) is 6.07 Å². The number of nitrogens with one attached hydrogen (secondary N) is 1. The van der Waals surface area contributed by atoms with Gasteiger partial charge in [0.15, 0.2) is 18.1 Å². The van der Waals surface area contributed by atoms with Crippen LogP contribution in [0.25, 0.3) is 6.08 Å². The Morgan fingerprint density at radius 3 is 2.85 bits per heavy atom. The van der Waals surface area contributed by atoms with Crippen LogP contribution in [0.15, 0.2) is 24.3 Å². The van der Waals surface area contributed by atoms with Gasteiger partial charge in [-0.15, -0.1) is 0 Å². The van der Waals surface area contributed by atoms with Crippen molar-refractivity contribution >= 4 is 6.08 Å². The highest BCUT2D eigenvalue weighted by molar-refractivity contribution is 5.56. The normalized spacial score (nSPS) is 10.4. The van der Waals surface area contributed by atoms with Crippen LogP contribution < -0.4 is 14.8 Å². The summed E-state index contributed by atoms with van der Waals surface area (Å²) < 4.78 is 15.5. The summed E-state index contributed by atoms with van der Waals surface area (Å²) in [6.45, 7) is 2.31. The lowest BCUT2D eigenvalue weighted by Crippen LogP contribution is -2.18.